The Morgan fingerprint density at radius 3 is 2.42 bits per heavy atom. The van der Waals surface area contributed by atoms with Crippen LogP contribution in [0.3, 0.4) is 0 Å². The van der Waals surface area contributed by atoms with Gasteiger partial charge in [-0.2, -0.15) is 0 Å². The van der Waals surface area contributed by atoms with Gasteiger partial charge >= 0.3 is 0 Å². The number of sulfonamides is 1. The Hall–Kier alpha value is -3.14. The largest absolute Gasteiger partial charge is 0.503 e. The van der Waals surface area contributed by atoms with E-state index in [0.717, 1.165) is 0 Å². The fraction of sp³-hybridized carbons (Fsp3) is 0.136. The Morgan fingerprint density at radius 1 is 1.03 bits per heavy atom. The number of anilines is 2. The van der Waals surface area contributed by atoms with Crippen molar-refractivity contribution in [1.29, 1.82) is 0 Å². The van der Waals surface area contributed by atoms with Crippen molar-refractivity contribution in [3.63, 3.8) is 0 Å². The Labute approximate surface area is 201 Å². The average Bonchev–Trinajstić information content (AvgIpc) is 2.78. The first-order valence-electron chi connectivity index (χ1n) is 9.58. The summed E-state index contributed by atoms with van der Waals surface area (Å²) in [4.78, 5) is 12.6. The van der Waals surface area contributed by atoms with Gasteiger partial charge in [-0.05, 0) is 49.4 Å². The molecule has 0 unspecified atom stereocenters. The van der Waals surface area contributed by atoms with E-state index in [1.54, 1.807) is 25.1 Å². The van der Waals surface area contributed by atoms with Gasteiger partial charge in [0.25, 0.3) is 15.9 Å². The van der Waals surface area contributed by atoms with Gasteiger partial charge in [0, 0.05) is 11.3 Å². The van der Waals surface area contributed by atoms with Crippen LogP contribution in [0.5, 0.6) is 17.2 Å². The SMILES string of the molecule is CCOc1cc(C(=O)Nc2ccc(OC)c(S(=O)(=O)Nc3ccccc3Cl)c2)cc(Cl)c1O. The highest BCUT2D eigenvalue weighted by molar-refractivity contribution is 7.92. The molecule has 0 aliphatic heterocycles. The van der Waals surface area contributed by atoms with Crippen LogP contribution in [-0.4, -0.2) is 33.1 Å². The summed E-state index contributed by atoms with van der Waals surface area (Å²) in [6.07, 6.45) is 0. The number of hydrogen-bond donors (Lipinski definition) is 3. The van der Waals surface area contributed by atoms with Gasteiger partial charge in [0.15, 0.2) is 11.5 Å². The molecule has 0 radical (unpaired) electrons. The van der Waals surface area contributed by atoms with Gasteiger partial charge in [-0.3, -0.25) is 9.52 Å². The molecule has 33 heavy (non-hydrogen) atoms. The second-order valence-electron chi connectivity index (χ2n) is 6.64. The van der Waals surface area contributed by atoms with Crippen LogP contribution >= 0.6 is 23.2 Å². The molecule has 0 heterocycles. The van der Waals surface area contributed by atoms with Crippen molar-refractivity contribution >= 4 is 50.5 Å². The molecule has 8 nitrogen and oxygen atoms in total. The number of phenols is 1. The predicted molar refractivity (Wildman–Crippen MR) is 127 cm³/mol. The van der Waals surface area contributed by atoms with Gasteiger partial charge in [0.2, 0.25) is 0 Å². The first-order valence-corrected chi connectivity index (χ1v) is 11.8. The highest BCUT2D eigenvalue weighted by Gasteiger charge is 2.22. The number of phenolic OH excluding ortho intramolecular Hbond substituents is 1. The number of nitrogens with one attached hydrogen (secondary N) is 2. The number of carbonyl (C=O) groups is 1. The van der Waals surface area contributed by atoms with Crippen molar-refractivity contribution in [1.82, 2.24) is 0 Å². The number of para-hydroxylation sites is 1. The Kier molecular flexibility index (Phi) is 7.57. The minimum absolute atomic E-state index is 0.0529. The highest BCUT2D eigenvalue weighted by Crippen LogP contribution is 2.36. The minimum atomic E-state index is -4.11. The molecular formula is C22H20Cl2N2O6S. The molecule has 3 aromatic carbocycles. The number of halogens is 2. The van der Waals surface area contributed by atoms with Crippen LogP contribution in [0, 0.1) is 0 Å². The lowest BCUT2D eigenvalue weighted by Gasteiger charge is -2.15. The Balaban J connectivity index is 1.93. The van der Waals surface area contributed by atoms with Crippen LogP contribution in [0.25, 0.3) is 0 Å². The van der Waals surface area contributed by atoms with E-state index in [2.05, 4.69) is 10.0 Å². The maximum Gasteiger partial charge on any atom is 0.265 e. The summed E-state index contributed by atoms with van der Waals surface area (Å²) >= 11 is 12.1. The Bertz CT molecular complexity index is 1300. The van der Waals surface area contributed by atoms with E-state index in [4.69, 9.17) is 32.7 Å². The van der Waals surface area contributed by atoms with Crippen LogP contribution < -0.4 is 19.5 Å². The predicted octanol–water partition coefficient (Wildman–Crippen LogP) is 5.16. The molecule has 0 aliphatic rings. The number of aromatic hydroxyl groups is 1. The molecule has 0 spiro atoms. The molecule has 0 fully saturated rings. The normalized spacial score (nSPS) is 11.0. The molecule has 0 atom stereocenters. The van der Waals surface area contributed by atoms with E-state index in [1.807, 2.05) is 0 Å². The highest BCUT2D eigenvalue weighted by atomic mass is 35.5. The lowest BCUT2D eigenvalue weighted by Crippen LogP contribution is -2.16. The van der Waals surface area contributed by atoms with E-state index in [0.29, 0.717) is 0 Å². The molecular weight excluding hydrogens is 491 g/mol. The van der Waals surface area contributed by atoms with Gasteiger partial charge in [0.1, 0.15) is 10.6 Å². The molecule has 0 bridgehead atoms. The quantitative estimate of drug-likeness (QED) is 0.385. The third-order valence-corrected chi connectivity index (χ3v) is 6.42. The van der Waals surface area contributed by atoms with Gasteiger partial charge in [-0.1, -0.05) is 35.3 Å². The van der Waals surface area contributed by atoms with Crippen LogP contribution in [0.1, 0.15) is 17.3 Å². The number of hydrogen-bond acceptors (Lipinski definition) is 6. The molecule has 3 rings (SSSR count). The topological polar surface area (TPSA) is 114 Å². The summed E-state index contributed by atoms with van der Waals surface area (Å²) in [7, 11) is -2.78. The lowest BCUT2D eigenvalue weighted by atomic mass is 10.1. The van der Waals surface area contributed by atoms with Crippen molar-refractivity contribution in [3.8, 4) is 17.2 Å². The van der Waals surface area contributed by atoms with Crippen molar-refractivity contribution in [2.24, 2.45) is 0 Å². The zero-order chi connectivity index (χ0) is 24.2. The van der Waals surface area contributed by atoms with Gasteiger partial charge < -0.3 is 19.9 Å². The van der Waals surface area contributed by atoms with E-state index in [-0.39, 0.29) is 55.7 Å². The molecule has 174 valence electrons. The number of amides is 1. The average molecular weight is 511 g/mol. The van der Waals surface area contributed by atoms with Gasteiger partial charge in [-0.25, -0.2) is 8.42 Å². The zero-order valence-corrected chi connectivity index (χ0v) is 19.9. The minimum Gasteiger partial charge on any atom is -0.503 e. The number of benzene rings is 3. The van der Waals surface area contributed by atoms with Gasteiger partial charge in [0.05, 0.1) is 29.4 Å². The monoisotopic (exact) mass is 510 g/mol. The fourth-order valence-corrected chi connectivity index (χ4v) is 4.61. The maximum atomic E-state index is 13.0. The second-order valence-corrected chi connectivity index (χ2v) is 9.11. The van der Waals surface area contributed by atoms with Crippen molar-refractivity contribution in [3.05, 3.63) is 70.2 Å². The summed E-state index contributed by atoms with van der Waals surface area (Å²) < 4.78 is 38.9. The molecule has 0 aliphatic carbocycles. The van der Waals surface area contributed by atoms with Crippen molar-refractivity contribution in [2.75, 3.05) is 23.8 Å². The standard InChI is InChI=1S/C22H20Cl2N2O6S/c1-3-32-19-11-13(10-16(24)21(19)27)22(28)25-14-8-9-18(31-2)20(12-14)33(29,30)26-17-7-5-4-6-15(17)23/h4-12,26-27H,3H2,1-2H3,(H,25,28). The van der Waals surface area contributed by atoms with Gasteiger partial charge in [-0.15, -0.1) is 0 Å². The number of rotatable bonds is 8. The first-order chi connectivity index (χ1) is 15.7. The van der Waals surface area contributed by atoms with E-state index in [1.165, 1.54) is 43.5 Å². The third-order valence-electron chi connectivity index (χ3n) is 4.42. The molecule has 3 N–H and O–H groups in total. The molecule has 1 amide bonds. The van der Waals surface area contributed by atoms with E-state index in [9.17, 15) is 18.3 Å². The molecule has 0 aromatic heterocycles. The van der Waals surface area contributed by atoms with Crippen molar-refractivity contribution < 1.29 is 27.8 Å². The zero-order valence-electron chi connectivity index (χ0n) is 17.6. The molecule has 11 heteroatoms. The summed E-state index contributed by atoms with van der Waals surface area (Å²) in [6, 6.07) is 13.1. The molecule has 3 aromatic rings. The van der Waals surface area contributed by atoms with Crippen molar-refractivity contribution in [2.45, 2.75) is 11.8 Å². The third kappa shape index (κ3) is 5.62. The summed E-state index contributed by atoms with van der Waals surface area (Å²) in [5.41, 5.74) is 0.482. The molecule has 0 saturated heterocycles. The summed E-state index contributed by atoms with van der Waals surface area (Å²) in [5.74, 6) is -0.750. The number of carbonyl (C=O) groups excluding carboxylic acids is 1. The van der Waals surface area contributed by atoms with E-state index < -0.39 is 15.9 Å². The van der Waals surface area contributed by atoms with Crippen LogP contribution in [0.2, 0.25) is 10.0 Å². The fourth-order valence-electron chi connectivity index (χ4n) is 2.88. The second kappa shape index (κ2) is 10.2. The number of ether oxygens (including phenoxy) is 2. The number of methoxy groups -OCH3 is 1. The Morgan fingerprint density at radius 2 is 1.76 bits per heavy atom. The van der Waals surface area contributed by atoms with Crippen LogP contribution in [0.15, 0.2) is 59.5 Å². The van der Waals surface area contributed by atoms with E-state index >= 15 is 0 Å². The molecule has 0 saturated carbocycles. The maximum absolute atomic E-state index is 13.0. The lowest BCUT2D eigenvalue weighted by molar-refractivity contribution is 0.102. The summed E-state index contributed by atoms with van der Waals surface area (Å²) in [5, 5.41) is 12.7. The first kappa shape index (κ1) is 24.5. The van der Waals surface area contributed by atoms with Crippen LogP contribution in [-0.2, 0) is 10.0 Å². The smallest absolute Gasteiger partial charge is 0.265 e. The summed E-state index contributed by atoms with van der Waals surface area (Å²) in [6.45, 7) is 1.98. The van der Waals surface area contributed by atoms with Crippen LogP contribution in [0.4, 0.5) is 11.4 Å².